The highest BCUT2D eigenvalue weighted by Gasteiger charge is 2.67. The van der Waals surface area contributed by atoms with Crippen molar-refractivity contribution in [1.29, 1.82) is 0 Å². The lowest BCUT2D eigenvalue weighted by atomic mass is 10.0. The highest BCUT2D eigenvalue weighted by atomic mass is 35.5. The van der Waals surface area contributed by atoms with Crippen molar-refractivity contribution in [2.24, 2.45) is 5.92 Å². The number of halogens is 9. The summed E-state index contributed by atoms with van der Waals surface area (Å²) < 4.78 is 174. The standard InChI is InChI=1S/C46H39ClF8N8O6S2/c1-45(2,3)71(68,69)33-8-6-5-7-25(33)22-9-10-26-30(16-22)57-43(63(44(26)65)32-12-11-29(47)37-39(32)61(19-34(50)51)59-42(37)60-70(4,66)67)31(15-21-13-23(48)17-24(49)14-21)56-35(64)20-62-40-36(38(58-62)41(52)53)27-18-28(27)46(40,54)55/h5-14,16-17,27-28,31,34,41H,15,18-20H2,1-4H3,(H,56,64)(H,59,60)/t27-,28+,31-/m0/s1. The predicted molar refractivity (Wildman–Crippen MR) is 245 cm³/mol. The first kappa shape index (κ1) is 49.6. The van der Waals surface area contributed by atoms with Crippen LogP contribution < -0.4 is 15.6 Å². The molecule has 1 saturated carbocycles. The van der Waals surface area contributed by atoms with E-state index in [0.29, 0.717) is 15.4 Å². The summed E-state index contributed by atoms with van der Waals surface area (Å²) in [6, 6.07) is 12.9. The van der Waals surface area contributed by atoms with Crippen molar-refractivity contribution in [3.05, 3.63) is 128 Å². The summed E-state index contributed by atoms with van der Waals surface area (Å²) >= 11 is 6.60. The number of carbonyl (C=O) groups is 1. The summed E-state index contributed by atoms with van der Waals surface area (Å²) in [6.07, 6.45) is -6.41. The van der Waals surface area contributed by atoms with E-state index in [1.54, 1.807) is 6.07 Å². The molecular weight excluding hydrogens is 1010 g/mol. The fourth-order valence-corrected chi connectivity index (χ4v) is 11.3. The molecule has 0 bridgehead atoms. The molecule has 0 unspecified atom stereocenters. The Balaban J connectivity index is 1.31. The second kappa shape index (κ2) is 17.4. The highest BCUT2D eigenvalue weighted by Crippen LogP contribution is 2.68. The van der Waals surface area contributed by atoms with Crippen molar-refractivity contribution in [2.45, 2.75) is 87.1 Å². The van der Waals surface area contributed by atoms with Gasteiger partial charge in [-0.15, -0.1) is 0 Å². The van der Waals surface area contributed by atoms with E-state index >= 15 is 13.6 Å². The summed E-state index contributed by atoms with van der Waals surface area (Å²) in [5.41, 5.74) is -3.88. The van der Waals surface area contributed by atoms with Crippen LogP contribution in [-0.2, 0) is 50.1 Å². The number of amides is 1. The second-order valence-electron chi connectivity index (χ2n) is 18.3. The summed E-state index contributed by atoms with van der Waals surface area (Å²) in [7, 11) is -8.21. The lowest BCUT2D eigenvalue weighted by Crippen LogP contribution is -2.38. The molecule has 9 rings (SSSR count). The Kier molecular flexibility index (Phi) is 12.2. The van der Waals surface area contributed by atoms with Crippen LogP contribution in [0.2, 0.25) is 5.02 Å². The fourth-order valence-electron chi connectivity index (χ4n) is 9.18. The van der Waals surface area contributed by atoms with Crippen molar-refractivity contribution >= 4 is 65.0 Å². The summed E-state index contributed by atoms with van der Waals surface area (Å²) in [4.78, 5) is 34.3. The lowest BCUT2D eigenvalue weighted by molar-refractivity contribution is -0.123. The molecule has 25 heteroatoms. The van der Waals surface area contributed by atoms with Crippen molar-refractivity contribution in [1.82, 2.24) is 34.4 Å². The molecular formula is C46H39ClF8N8O6S2. The SMILES string of the molecule is CC(C)(C)S(=O)(=O)c1ccccc1-c1ccc2c(=O)n(-c3ccc(Cl)c4c(NS(C)(=O)=O)nn(CC(F)F)c34)c([C@H](Cc3cc(F)cc(F)c3)NC(=O)Cn3nc(C(F)F)c4c3C(F)(F)[C@@H]3C[C@H]43)nc2c1. The molecule has 4 aromatic carbocycles. The van der Waals surface area contributed by atoms with E-state index in [-0.39, 0.29) is 66.1 Å². The molecule has 1 fully saturated rings. The van der Waals surface area contributed by atoms with Crippen LogP contribution in [0.25, 0.3) is 38.6 Å². The molecule has 3 aromatic heterocycles. The number of sulfonamides is 1. The van der Waals surface area contributed by atoms with E-state index in [1.807, 2.05) is 0 Å². The number of nitrogens with one attached hydrogen (secondary N) is 2. The average molecular weight is 1050 g/mol. The number of alkyl halides is 6. The van der Waals surface area contributed by atoms with E-state index in [9.17, 15) is 48.0 Å². The van der Waals surface area contributed by atoms with Gasteiger partial charge in [0.15, 0.2) is 15.7 Å². The van der Waals surface area contributed by atoms with Gasteiger partial charge in [-0.25, -0.2) is 48.2 Å². The number of fused-ring (bicyclic) bond motifs is 5. The van der Waals surface area contributed by atoms with E-state index < -0.39 is 127 Å². The number of anilines is 1. The van der Waals surface area contributed by atoms with Gasteiger partial charge in [-0.05, 0) is 86.7 Å². The van der Waals surface area contributed by atoms with Gasteiger partial charge >= 0.3 is 0 Å². The Hall–Kier alpha value is -6.40. The van der Waals surface area contributed by atoms with Gasteiger partial charge in [0, 0.05) is 29.5 Å². The molecule has 0 spiro atoms. The monoisotopic (exact) mass is 1050 g/mol. The van der Waals surface area contributed by atoms with Crippen molar-refractivity contribution < 1.29 is 56.8 Å². The molecule has 14 nitrogen and oxygen atoms in total. The number of benzene rings is 4. The maximum Gasteiger partial charge on any atom is 0.293 e. The van der Waals surface area contributed by atoms with Gasteiger partial charge in [0.2, 0.25) is 15.9 Å². The molecule has 3 heterocycles. The molecule has 1 amide bonds. The third kappa shape index (κ3) is 8.91. The first-order valence-electron chi connectivity index (χ1n) is 21.5. The molecule has 71 heavy (non-hydrogen) atoms. The van der Waals surface area contributed by atoms with Crippen LogP contribution in [0.5, 0.6) is 0 Å². The van der Waals surface area contributed by atoms with Gasteiger partial charge in [0.05, 0.1) is 54.5 Å². The number of sulfone groups is 1. The predicted octanol–water partition coefficient (Wildman–Crippen LogP) is 8.99. The van der Waals surface area contributed by atoms with Crippen LogP contribution in [0, 0.1) is 17.6 Å². The number of rotatable bonds is 14. The van der Waals surface area contributed by atoms with Crippen LogP contribution in [0.3, 0.4) is 0 Å². The van der Waals surface area contributed by atoms with E-state index in [0.717, 1.165) is 23.0 Å². The normalized spacial score (nSPS) is 17.0. The molecule has 7 aromatic rings. The Morgan fingerprint density at radius 2 is 1.62 bits per heavy atom. The topological polar surface area (TPSA) is 180 Å². The zero-order valence-corrected chi connectivity index (χ0v) is 39.9. The molecule has 2 N–H and O–H groups in total. The average Bonchev–Trinajstić information content (AvgIpc) is 3.79. The Bertz CT molecular complexity index is 3630. The minimum atomic E-state index is -4.18. The minimum Gasteiger partial charge on any atom is -0.344 e. The molecule has 2 aliphatic carbocycles. The zero-order chi connectivity index (χ0) is 51.4. The smallest absolute Gasteiger partial charge is 0.293 e. The van der Waals surface area contributed by atoms with Gasteiger partial charge < -0.3 is 5.32 Å². The Labute approximate surface area is 403 Å². The summed E-state index contributed by atoms with van der Waals surface area (Å²) in [5.74, 6) is -10.3. The Morgan fingerprint density at radius 3 is 2.27 bits per heavy atom. The zero-order valence-electron chi connectivity index (χ0n) is 37.5. The number of carbonyl (C=O) groups excluding carboxylic acids is 1. The maximum atomic E-state index is 15.7. The molecule has 0 saturated heterocycles. The second-order valence-corrected chi connectivity index (χ2v) is 23.1. The largest absolute Gasteiger partial charge is 0.344 e. The third-order valence-corrected chi connectivity index (χ3v) is 15.7. The van der Waals surface area contributed by atoms with Crippen LogP contribution in [0.15, 0.2) is 82.5 Å². The molecule has 2 aliphatic rings. The van der Waals surface area contributed by atoms with Gasteiger partial charge in [-0.3, -0.25) is 28.2 Å². The quantitative estimate of drug-likeness (QED) is 0.101. The van der Waals surface area contributed by atoms with Gasteiger partial charge in [-0.2, -0.15) is 19.0 Å². The maximum absolute atomic E-state index is 15.7. The number of hydrogen-bond acceptors (Lipinski definition) is 9. The first-order valence-corrected chi connectivity index (χ1v) is 25.3. The number of nitrogens with zero attached hydrogens (tertiary/aromatic N) is 6. The van der Waals surface area contributed by atoms with Crippen molar-refractivity contribution in [3.8, 4) is 16.8 Å². The van der Waals surface area contributed by atoms with Gasteiger partial charge in [-0.1, -0.05) is 35.9 Å². The van der Waals surface area contributed by atoms with E-state index in [4.69, 9.17) is 16.6 Å². The van der Waals surface area contributed by atoms with Gasteiger partial charge in [0.25, 0.3) is 24.3 Å². The van der Waals surface area contributed by atoms with Crippen LogP contribution >= 0.6 is 11.6 Å². The fraction of sp³-hybridized carbons (Fsp3) is 0.326. The summed E-state index contributed by atoms with van der Waals surface area (Å²) in [6.45, 7) is 2.18. The van der Waals surface area contributed by atoms with E-state index in [1.165, 1.54) is 69.3 Å². The van der Waals surface area contributed by atoms with Gasteiger partial charge in [0.1, 0.15) is 41.9 Å². The third-order valence-electron chi connectivity index (χ3n) is 12.3. The summed E-state index contributed by atoms with van der Waals surface area (Å²) in [5, 5.41) is 9.59. The number of aromatic nitrogens is 6. The first-order chi connectivity index (χ1) is 33.2. The van der Waals surface area contributed by atoms with Crippen LogP contribution in [0.4, 0.5) is 40.9 Å². The highest BCUT2D eigenvalue weighted by molar-refractivity contribution is 7.93. The molecule has 374 valence electrons. The Morgan fingerprint density at radius 1 is 0.930 bits per heavy atom. The van der Waals surface area contributed by atoms with Crippen molar-refractivity contribution in [2.75, 3.05) is 11.0 Å². The van der Waals surface area contributed by atoms with Crippen LogP contribution in [-0.4, -0.2) is 69.3 Å². The van der Waals surface area contributed by atoms with E-state index in [2.05, 4.69) is 20.2 Å². The molecule has 3 atom stereocenters. The lowest BCUT2D eigenvalue weighted by Gasteiger charge is -2.24. The molecule has 0 radical (unpaired) electrons. The number of hydrogen-bond donors (Lipinski definition) is 2. The minimum absolute atomic E-state index is 0.0747. The van der Waals surface area contributed by atoms with Crippen LogP contribution in [0.1, 0.15) is 73.9 Å². The molecule has 0 aliphatic heterocycles. The van der Waals surface area contributed by atoms with Crippen molar-refractivity contribution in [3.63, 3.8) is 0 Å².